The van der Waals surface area contributed by atoms with Crippen LogP contribution < -0.4 is 10.1 Å². The molecule has 1 aromatic carbocycles. The van der Waals surface area contributed by atoms with Crippen molar-refractivity contribution in [1.82, 2.24) is 5.32 Å². The van der Waals surface area contributed by atoms with Gasteiger partial charge in [0.25, 0.3) is 0 Å². The molecule has 0 aromatic heterocycles. The summed E-state index contributed by atoms with van der Waals surface area (Å²) < 4.78 is 44.7. The van der Waals surface area contributed by atoms with Crippen molar-refractivity contribution in [2.45, 2.75) is 19.2 Å². The smallest absolute Gasteiger partial charge is 0.406 e. The topological polar surface area (TPSA) is 30.5 Å². The quantitative estimate of drug-likeness (QED) is 0.777. The molecule has 0 bridgehead atoms. The summed E-state index contributed by atoms with van der Waals surface area (Å²) in [5.74, 6) is 0.00702. The Balaban J connectivity index is 2.46. The van der Waals surface area contributed by atoms with Gasteiger partial charge in [0.05, 0.1) is 6.61 Å². The van der Waals surface area contributed by atoms with E-state index < -0.39 is 6.36 Å². The van der Waals surface area contributed by atoms with E-state index in [4.69, 9.17) is 4.74 Å². The number of halogens is 3. The molecular formula is C13H18F3NO2. The SMILES string of the molecule is COCCNCC(C)c1ccc(OC(F)(F)F)cc1. The highest BCUT2D eigenvalue weighted by molar-refractivity contribution is 5.29. The molecular weight excluding hydrogens is 259 g/mol. The average molecular weight is 277 g/mol. The van der Waals surface area contributed by atoms with Crippen molar-refractivity contribution in [3.63, 3.8) is 0 Å². The van der Waals surface area contributed by atoms with Crippen LogP contribution in [-0.4, -0.2) is 33.2 Å². The van der Waals surface area contributed by atoms with Gasteiger partial charge in [-0.3, -0.25) is 0 Å². The molecule has 0 aliphatic carbocycles. The van der Waals surface area contributed by atoms with Crippen LogP contribution in [0.25, 0.3) is 0 Å². The number of nitrogens with one attached hydrogen (secondary N) is 1. The van der Waals surface area contributed by atoms with E-state index in [2.05, 4.69) is 10.1 Å². The first-order valence-electron chi connectivity index (χ1n) is 5.97. The van der Waals surface area contributed by atoms with Crippen LogP contribution in [0.2, 0.25) is 0 Å². The van der Waals surface area contributed by atoms with Crippen LogP contribution >= 0.6 is 0 Å². The monoisotopic (exact) mass is 277 g/mol. The molecule has 0 saturated carbocycles. The third kappa shape index (κ3) is 6.45. The number of benzene rings is 1. The predicted molar refractivity (Wildman–Crippen MR) is 66.3 cm³/mol. The molecule has 0 saturated heterocycles. The van der Waals surface area contributed by atoms with Gasteiger partial charge < -0.3 is 14.8 Å². The molecule has 0 heterocycles. The van der Waals surface area contributed by atoms with Crippen LogP contribution in [-0.2, 0) is 4.74 Å². The zero-order valence-corrected chi connectivity index (χ0v) is 11.0. The van der Waals surface area contributed by atoms with Gasteiger partial charge in [0.2, 0.25) is 0 Å². The fraction of sp³-hybridized carbons (Fsp3) is 0.538. The van der Waals surface area contributed by atoms with Gasteiger partial charge in [-0.2, -0.15) is 0 Å². The number of ether oxygens (including phenoxy) is 2. The molecule has 0 fully saturated rings. The van der Waals surface area contributed by atoms with Crippen LogP contribution in [0.4, 0.5) is 13.2 Å². The largest absolute Gasteiger partial charge is 0.573 e. The average Bonchev–Trinajstić information content (AvgIpc) is 2.33. The maximum Gasteiger partial charge on any atom is 0.573 e. The highest BCUT2D eigenvalue weighted by atomic mass is 19.4. The molecule has 0 spiro atoms. The highest BCUT2D eigenvalue weighted by Crippen LogP contribution is 2.24. The molecule has 1 N–H and O–H groups in total. The fourth-order valence-electron chi connectivity index (χ4n) is 1.61. The third-order valence-electron chi connectivity index (χ3n) is 2.62. The Kier molecular flexibility index (Phi) is 6.11. The van der Waals surface area contributed by atoms with E-state index in [-0.39, 0.29) is 11.7 Å². The second-order valence-corrected chi connectivity index (χ2v) is 4.21. The Bertz CT molecular complexity index is 365. The molecule has 0 radical (unpaired) electrons. The Morgan fingerprint density at radius 1 is 1.21 bits per heavy atom. The molecule has 0 aliphatic rings. The Morgan fingerprint density at radius 3 is 2.37 bits per heavy atom. The summed E-state index contributed by atoms with van der Waals surface area (Å²) in [6, 6.07) is 5.94. The summed E-state index contributed by atoms with van der Waals surface area (Å²) in [5.41, 5.74) is 0.958. The first-order chi connectivity index (χ1) is 8.92. The van der Waals surface area contributed by atoms with Gasteiger partial charge in [-0.25, -0.2) is 0 Å². The summed E-state index contributed by atoms with van der Waals surface area (Å²) in [5, 5.41) is 3.20. The van der Waals surface area contributed by atoms with E-state index in [1.807, 2.05) is 6.92 Å². The van der Waals surface area contributed by atoms with Gasteiger partial charge in [0.15, 0.2) is 0 Å². The van der Waals surface area contributed by atoms with Crippen LogP contribution in [0, 0.1) is 0 Å². The lowest BCUT2D eigenvalue weighted by Crippen LogP contribution is -2.23. The second-order valence-electron chi connectivity index (χ2n) is 4.21. The van der Waals surface area contributed by atoms with Gasteiger partial charge in [0, 0.05) is 20.2 Å². The van der Waals surface area contributed by atoms with Crippen LogP contribution in [0.3, 0.4) is 0 Å². The zero-order chi connectivity index (χ0) is 14.3. The van der Waals surface area contributed by atoms with Crippen molar-refractivity contribution in [1.29, 1.82) is 0 Å². The first-order valence-corrected chi connectivity index (χ1v) is 5.97. The minimum atomic E-state index is -4.64. The van der Waals surface area contributed by atoms with Crippen molar-refractivity contribution in [2.24, 2.45) is 0 Å². The van der Waals surface area contributed by atoms with E-state index in [0.29, 0.717) is 6.61 Å². The van der Waals surface area contributed by atoms with Crippen molar-refractivity contribution >= 4 is 0 Å². The van der Waals surface area contributed by atoms with Crippen molar-refractivity contribution < 1.29 is 22.6 Å². The molecule has 1 aromatic rings. The van der Waals surface area contributed by atoms with E-state index in [1.54, 1.807) is 19.2 Å². The summed E-state index contributed by atoms with van der Waals surface area (Å²) in [6.07, 6.45) is -4.64. The molecule has 1 unspecified atom stereocenters. The first kappa shape index (κ1) is 15.8. The maximum absolute atomic E-state index is 12.0. The summed E-state index contributed by atoms with van der Waals surface area (Å²) in [6.45, 7) is 4.11. The molecule has 0 aliphatic heterocycles. The Morgan fingerprint density at radius 2 is 1.84 bits per heavy atom. The predicted octanol–water partition coefficient (Wildman–Crippen LogP) is 2.92. The standard InChI is InChI=1S/C13H18F3NO2/c1-10(9-17-7-8-18-2)11-3-5-12(6-4-11)19-13(14,15)16/h3-6,10,17H,7-9H2,1-2H3. The molecule has 1 rings (SSSR count). The van der Waals surface area contributed by atoms with Crippen LogP contribution in [0.1, 0.15) is 18.4 Å². The number of hydrogen-bond donors (Lipinski definition) is 1. The summed E-state index contributed by atoms with van der Waals surface area (Å²) >= 11 is 0. The summed E-state index contributed by atoms with van der Waals surface area (Å²) in [7, 11) is 1.63. The van der Waals surface area contributed by atoms with Gasteiger partial charge in [-0.15, -0.1) is 13.2 Å². The molecule has 108 valence electrons. The molecule has 19 heavy (non-hydrogen) atoms. The number of alkyl halides is 3. The Hall–Kier alpha value is -1.27. The van der Waals surface area contributed by atoms with Gasteiger partial charge in [-0.1, -0.05) is 19.1 Å². The minimum Gasteiger partial charge on any atom is -0.406 e. The number of hydrogen-bond acceptors (Lipinski definition) is 3. The number of methoxy groups -OCH3 is 1. The van der Waals surface area contributed by atoms with Crippen molar-refractivity contribution in [3.8, 4) is 5.75 Å². The normalized spacial score (nSPS) is 13.3. The lowest BCUT2D eigenvalue weighted by molar-refractivity contribution is -0.274. The fourth-order valence-corrected chi connectivity index (χ4v) is 1.61. The minimum absolute atomic E-state index is 0.198. The van der Waals surface area contributed by atoms with E-state index in [0.717, 1.165) is 18.7 Å². The maximum atomic E-state index is 12.0. The van der Waals surface area contributed by atoms with Crippen LogP contribution in [0.5, 0.6) is 5.75 Å². The summed E-state index contributed by atoms with van der Waals surface area (Å²) in [4.78, 5) is 0. The van der Waals surface area contributed by atoms with Crippen molar-refractivity contribution in [3.05, 3.63) is 29.8 Å². The molecule has 0 amide bonds. The zero-order valence-electron chi connectivity index (χ0n) is 11.0. The lowest BCUT2D eigenvalue weighted by atomic mass is 10.0. The second kappa shape index (κ2) is 7.35. The highest BCUT2D eigenvalue weighted by Gasteiger charge is 2.30. The lowest BCUT2D eigenvalue weighted by Gasteiger charge is -2.14. The van der Waals surface area contributed by atoms with E-state index in [1.165, 1.54) is 12.1 Å². The molecule has 6 heteroatoms. The molecule has 1 atom stereocenters. The van der Waals surface area contributed by atoms with Crippen LogP contribution in [0.15, 0.2) is 24.3 Å². The van der Waals surface area contributed by atoms with Gasteiger partial charge in [-0.05, 0) is 23.6 Å². The van der Waals surface area contributed by atoms with E-state index in [9.17, 15) is 13.2 Å². The Labute approximate surface area is 110 Å². The van der Waals surface area contributed by atoms with Gasteiger partial charge >= 0.3 is 6.36 Å². The number of rotatable bonds is 7. The van der Waals surface area contributed by atoms with Crippen molar-refractivity contribution in [2.75, 3.05) is 26.8 Å². The van der Waals surface area contributed by atoms with Gasteiger partial charge in [0.1, 0.15) is 5.75 Å². The third-order valence-corrected chi connectivity index (χ3v) is 2.62. The molecule has 3 nitrogen and oxygen atoms in total. The van der Waals surface area contributed by atoms with E-state index >= 15 is 0 Å².